The van der Waals surface area contributed by atoms with Crippen molar-refractivity contribution >= 4 is 11.9 Å². The highest BCUT2D eigenvalue weighted by Gasteiger charge is 2.19. The number of nitrogens with one attached hydrogen (secondary N) is 3. The molecule has 0 radical (unpaired) electrons. The van der Waals surface area contributed by atoms with Crippen molar-refractivity contribution in [3.05, 3.63) is 42.0 Å². The Labute approximate surface area is 174 Å². The number of benzene rings is 1. The van der Waals surface area contributed by atoms with Gasteiger partial charge in [-0.05, 0) is 51.3 Å². The predicted molar refractivity (Wildman–Crippen MR) is 118 cm³/mol. The standard InChI is InChI=1S/C22H35N5O2/c1-4-23-22(26-19-9-13-27(14-10-19)16-17(2)3)25-12-6-11-24-21(29)18-7-5-8-20(28)15-18/h5,7-8,15,19,28H,2,4,6,9-14,16H2,1,3H3,(H,24,29)(H2,23,25,26). The summed E-state index contributed by atoms with van der Waals surface area (Å²) in [6, 6.07) is 6.78. The third-order valence-electron chi connectivity index (χ3n) is 4.76. The van der Waals surface area contributed by atoms with Gasteiger partial charge in [-0.3, -0.25) is 14.7 Å². The van der Waals surface area contributed by atoms with Crippen molar-refractivity contribution in [2.24, 2.45) is 4.99 Å². The van der Waals surface area contributed by atoms with E-state index in [1.54, 1.807) is 18.2 Å². The molecule has 2 rings (SSSR count). The molecule has 0 bridgehead atoms. The zero-order chi connectivity index (χ0) is 21.1. The molecule has 1 fully saturated rings. The number of hydrogen-bond donors (Lipinski definition) is 4. The minimum absolute atomic E-state index is 0.0917. The van der Waals surface area contributed by atoms with E-state index in [0.717, 1.165) is 51.4 Å². The van der Waals surface area contributed by atoms with E-state index in [9.17, 15) is 9.90 Å². The maximum atomic E-state index is 12.1. The van der Waals surface area contributed by atoms with Crippen molar-refractivity contribution in [2.45, 2.75) is 39.2 Å². The number of aliphatic imine (C=N–C) groups is 1. The number of hydrogen-bond acceptors (Lipinski definition) is 4. The maximum Gasteiger partial charge on any atom is 0.251 e. The first-order valence-corrected chi connectivity index (χ1v) is 10.5. The minimum atomic E-state index is -0.184. The van der Waals surface area contributed by atoms with Crippen LogP contribution in [-0.4, -0.2) is 67.2 Å². The van der Waals surface area contributed by atoms with Crippen LogP contribution in [0, 0.1) is 0 Å². The Bertz CT molecular complexity index is 696. The lowest BCUT2D eigenvalue weighted by atomic mass is 10.0. The number of rotatable bonds is 9. The van der Waals surface area contributed by atoms with Crippen molar-refractivity contribution < 1.29 is 9.90 Å². The highest BCUT2D eigenvalue weighted by atomic mass is 16.3. The van der Waals surface area contributed by atoms with E-state index in [2.05, 4.69) is 46.3 Å². The summed E-state index contributed by atoms with van der Waals surface area (Å²) < 4.78 is 0. The summed E-state index contributed by atoms with van der Waals surface area (Å²) in [6.45, 7) is 13.2. The van der Waals surface area contributed by atoms with Gasteiger partial charge in [0.1, 0.15) is 5.75 Å². The molecule has 0 aliphatic carbocycles. The molecule has 0 unspecified atom stereocenters. The molecule has 7 nitrogen and oxygen atoms in total. The molecule has 7 heteroatoms. The van der Waals surface area contributed by atoms with Crippen LogP contribution in [0.25, 0.3) is 0 Å². The molecule has 0 spiro atoms. The molecule has 1 saturated heterocycles. The minimum Gasteiger partial charge on any atom is -0.508 e. The number of carbonyl (C=O) groups excluding carboxylic acids is 1. The molecule has 1 aromatic carbocycles. The smallest absolute Gasteiger partial charge is 0.251 e. The molecule has 29 heavy (non-hydrogen) atoms. The van der Waals surface area contributed by atoms with Crippen LogP contribution in [-0.2, 0) is 0 Å². The van der Waals surface area contributed by atoms with Gasteiger partial charge in [0, 0.05) is 50.9 Å². The molecular weight excluding hydrogens is 366 g/mol. The SMILES string of the molecule is C=C(C)CN1CCC(NC(=NCCCNC(=O)c2cccc(O)c2)NCC)CC1. The summed E-state index contributed by atoms with van der Waals surface area (Å²) in [6.07, 6.45) is 2.94. The molecule has 1 aliphatic heterocycles. The Hall–Kier alpha value is -2.54. The van der Waals surface area contributed by atoms with Crippen LogP contribution >= 0.6 is 0 Å². The highest BCUT2D eigenvalue weighted by Crippen LogP contribution is 2.12. The van der Waals surface area contributed by atoms with Crippen LogP contribution < -0.4 is 16.0 Å². The Kier molecular flexibility index (Phi) is 9.50. The Morgan fingerprint density at radius 2 is 2.07 bits per heavy atom. The van der Waals surface area contributed by atoms with Gasteiger partial charge in [0.2, 0.25) is 0 Å². The van der Waals surface area contributed by atoms with Crippen LogP contribution in [0.1, 0.15) is 43.5 Å². The van der Waals surface area contributed by atoms with Gasteiger partial charge in [-0.25, -0.2) is 0 Å². The Morgan fingerprint density at radius 3 is 2.72 bits per heavy atom. The molecule has 1 heterocycles. The van der Waals surface area contributed by atoms with Crippen molar-refractivity contribution in [2.75, 3.05) is 39.3 Å². The van der Waals surface area contributed by atoms with Gasteiger partial charge < -0.3 is 21.1 Å². The Balaban J connectivity index is 1.70. The third-order valence-corrected chi connectivity index (χ3v) is 4.76. The van der Waals surface area contributed by atoms with Gasteiger partial charge in [-0.1, -0.05) is 18.2 Å². The van der Waals surface area contributed by atoms with Gasteiger partial charge in [0.25, 0.3) is 5.91 Å². The quantitative estimate of drug-likeness (QED) is 0.220. The lowest BCUT2D eigenvalue weighted by molar-refractivity contribution is 0.0953. The number of likely N-dealkylation sites (tertiary alicyclic amines) is 1. The zero-order valence-corrected chi connectivity index (χ0v) is 17.7. The fraction of sp³-hybridized carbons (Fsp3) is 0.545. The first kappa shape index (κ1) is 22.7. The van der Waals surface area contributed by atoms with E-state index in [-0.39, 0.29) is 11.7 Å². The number of phenols is 1. The summed E-state index contributed by atoms with van der Waals surface area (Å²) in [5.41, 5.74) is 1.67. The summed E-state index contributed by atoms with van der Waals surface area (Å²) in [4.78, 5) is 19.1. The number of carbonyl (C=O) groups is 1. The molecule has 1 aliphatic rings. The van der Waals surface area contributed by atoms with Crippen LogP contribution in [0.3, 0.4) is 0 Å². The first-order chi connectivity index (χ1) is 14.0. The number of aromatic hydroxyl groups is 1. The second-order valence-electron chi connectivity index (χ2n) is 7.57. The van der Waals surface area contributed by atoms with Gasteiger partial charge >= 0.3 is 0 Å². The molecular formula is C22H35N5O2. The number of phenolic OH excluding ortho intramolecular Hbond substituents is 1. The van der Waals surface area contributed by atoms with Crippen molar-refractivity contribution in [3.63, 3.8) is 0 Å². The number of amides is 1. The molecule has 160 valence electrons. The van der Waals surface area contributed by atoms with Crippen molar-refractivity contribution in [1.82, 2.24) is 20.9 Å². The second kappa shape index (κ2) is 12.1. The lowest BCUT2D eigenvalue weighted by Gasteiger charge is -2.33. The second-order valence-corrected chi connectivity index (χ2v) is 7.57. The number of piperidine rings is 1. The maximum absolute atomic E-state index is 12.1. The van der Waals surface area contributed by atoms with E-state index >= 15 is 0 Å². The molecule has 4 N–H and O–H groups in total. The van der Waals surface area contributed by atoms with Gasteiger partial charge in [-0.2, -0.15) is 0 Å². The van der Waals surface area contributed by atoms with E-state index in [0.29, 0.717) is 24.7 Å². The largest absolute Gasteiger partial charge is 0.508 e. The summed E-state index contributed by atoms with van der Waals surface area (Å²) in [5, 5.41) is 19.2. The first-order valence-electron chi connectivity index (χ1n) is 10.5. The van der Waals surface area contributed by atoms with E-state index in [1.165, 1.54) is 11.6 Å². The molecule has 0 saturated carbocycles. The molecule has 0 aromatic heterocycles. The van der Waals surface area contributed by atoms with Gasteiger partial charge in [-0.15, -0.1) is 0 Å². The van der Waals surface area contributed by atoms with Crippen LogP contribution in [0.4, 0.5) is 0 Å². The average Bonchev–Trinajstić information content (AvgIpc) is 2.68. The Morgan fingerprint density at radius 1 is 1.31 bits per heavy atom. The van der Waals surface area contributed by atoms with Gasteiger partial charge in [0.05, 0.1) is 0 Å². The van der Waals surface area contributed by atoms with E-state index < -0.39 is 0 Å². The fourth-order valence-corrected chi connectivity index (χ4v) is 3.35. The van der Waals surface area contributed by atoms with E-state index in [4.69, 9.17) is 0 Å². The predicted octanol–water partition coefficient (Wildman–Crippen LogP) is 2.11. The van der Waals surface area contributed by atoms with Crippen molar-refractivity contribution in [3.8, 4) is 5.75 Å². The van der Waals surface area contributed by atoms with Crippen LogP contribution in [0.15, 0.2) is 41.4 Å². The topological polar surface area (TPSA) is 89.0 Å². The lowest BCUT2D eigenvalue weighted by Crippen LogP contribution is -2.49. The highest BCUT2D eigenvalue weighted by molar-refractivity contribution is 5.94. The molecule has 1 aromatic rings. The summed E-state index contributed by atoms with van der Waals surface area (Å²) in [7, 11) is 0. The van der Waals surface area contributed by atoms with Crippen LogP contribution in [0.5, 0.6) is 5.75 Å². The van der Waals surface area contributed by atoms with Crippen LogP contribution in [0.2, 0.25) is 0 Å². The molecule has 0 atom stereocenters. The number of guanidine groups is 1. The van der Waals surface area contributed by atoms with E-state index in [1.807, 2.05) is 0 Å². The van der Waals surface area contributed by atoms with Gasteiger partial charge in [0.15, 0.2) is 5.96 Å². The summed E-state index contributed by atoms with van der Waals surface area (Å²) in [5.74, 6) is 0.746. The zero-order valence-electron chi connectivity index (χ0n) is 17.7. The molecule has 1 amide bonds. The number of nitrogens with zero attached hydrogens (tertiary/aromatic N) is 2. The summed E-state index contributed by atoms with van der Waals surface area (Å²) >= 11 is 0. The van der Waals surface area contributed by atoms with Crippen molar-refractivity contribution in [1.29, 1.82) is 0 Å². The third kappa shape index (κ3) is 8.56. The normalized spacial score (nSPS) is 15.7. The average molecular weight is 402 g/mol. The monoisotopic (exact) mass is 401 g/mol. The fourth-order valence-electron chi connectivity index (χ4n) is 3.35.